The van der Waals surface area contributed by atoms with Crippen LogP contribution in [0.4, 0.5) is 11.5 Å². The van der Waals surface area contributed by atoms with E-state index < -0.39 is 0 Å². The molecule has 2 rings (SSSR count). The topological polar surface area (TPSA) is 90.5 Å². The SMILES string of the molecule is N#Cc1ccc(NCc2cn[nH]c2N)c(Br)c1. The zero-order valence-corrected chi connectivity index (χ0v) is 10.5. The summed E-state index contributed by atoms with van der Waals surface area (Å²) < 4.78 is 0.846. The summed E-state index contributed by atoms with van der Waals surface area (Å²) in [6.45, 7) is 0.576. The molecule has 1 aromatic heterocycles. The van der Waals surface area contributed by atoms with Crippen LogP contribution in [-0.2, 0) is 6.54 Å². The third kappa shape index (κ3) is 2.57. The fourth-order valence-electron chi connectivity index (χ4n) is 1.38. The first-order valence-corrected chi connectivity index (χ1v) is 5.71. The molecule has 0 aliphatic carbocycles. The van der Waals surface area contributed by atoms with Crippen molar-refractivity contribution in [1.29, 1.82) is 5.26 Å². The second-order valence-electron chi connectivity index (χ2n) is 3.47. The van der Waals surface area contributed by atoms with Crippen LogP contribution in [0.5, 0.6) is 0 Å². The lowest BCUT2D eigenvalue weighted by Crippen LogP contribution is -2.02. The molecular weight excluding hydrogens is 282 g/mol. The molecule has 1 aromatic carbocycles. The first kappa shape index (κ1) is 11.5. The Hall–Kier alpha value is -2.00. The molecule has 0 aliphatic rings. The van der Waals surface area contributed by atoms with Gasteiger partial charge in [0.2, 0.25) is 0 Å². The number of nitrogens with zero attached hydrogens (tertiary/aromatic N) is 2. The lowest BCUT2D eigenvalue weighted by Gasteiger charge is -2.07. The van der Waals surface area contributed by atoms with E-state index in [-0.39, 0.29) is 0 Å². The van der Waals surface area contributed by atoms with E-state index in [2.05, 4.69) is 37.5 Å². The van der Waals surface area contributed by atoms with Gasteiger partial charge in [-0.1, -0.05) is 0 Å². The summed E-state index contributed by atoms with van der Waals surface area (Å²) in [6, 6.07) is 7.45. The minimum absolute atomic E-state index is 0.558. The Balaban J connectivity index is 2.10. The molecule has 0 saturated carbocycles. The summed E-state index contributed by atoms with van der Waals surface area (Å²) in [5.41, 5.74) is 8.10. The van der Waals surface area contributed by atoms with Gasteiger partial charge in [0.25, 0.3) is 0 Å². The molecule has 4 N–H and O–H groups in total. The third-order valence-electron chi connectivity index (χ3n) is 2.32. The van der Waals surface area contributed by atoms with E-state index in [1.807, 2.05) is 6.07 Å². The molecule has 86 valence electrons. The Morgan fingerprint density at radius 1 is 1.53 bits per heavy atom. The normalized spacial score (nSPS) is 9.88. The zero-order valence-electron chi connectivity index (χ0n) is 8.87. The van der Waals surface area contributed by atoms with Gasteiger partial charge in [0.15, 0.2) is 0 Å². The molecule has 0 aliphatic heterocycles. The average molecular weight is 292 g/mol. The maximum absolute atomic E-state index is 8.75. The molecule has 17 heavy (non-hydrogen) atoms. The van der Waals surface area contributed by atoms with Gasteiger partial charge in [-0.2, -0.15) is 10.4 Å². The number of nitrogen functional groups attached to an aromatic ring is 1. The number of nitriles is 1. The van der Waals surface area contributed by atoms with Crippen molar-refractivity contribution < 1.29 is 0 Å². The van der Waals surface area contributed by atoms with Crippen molar-refractivity contribution >= 4 is 27.4 Å². The predicted molar refractivity (Wildman–Crippen MR) is 69.2 cm³/mol. The highest BCUT2D eigenvalue weighted by atomic mass is 79.9. The lowest BCUT2D eigenvalue weighted by atomic mass is 10.2. The number of benzene rings is 1. The molecule has 1 heterocycles. The maximum Gasteiger partial charge on any atom is 0.123 e. The molecule has 0 saturated heterocycles. The van der Waals surface area contributed by atoms with Crippen LogP contribution >= 0.6 is 15.9 Å². The van der Waals surface area contributed by atoms with E-state index in [1.54, 1.807) is 18.3 Å². The average Bonchev–Trinajstić information content (AvgIpc) is 2.73. The van der Waals surface area contributed by atoms with Crippen LogP contribution < -0.4 is 11.1 Å². The first-order valence-electron chi connectivity index (χ1n) is 4.92. The molecule has 0 fully saturated rings. The summed E-state index contributed by atoms with van der Waals surface area (Å²) in [5.74, 6) is 0.558. The van der Waals surface area contributed by atoms with Crippen LogP contribution in [0.3, 0.4) is 0 Å². The van der Waals surface area contributed by atoms with Crippen LogP contribution in [0.2, 0.25) is 0 Å². The van der Waals surface area contributed by atoms with Crippen molar-refractivity contribution in [2.24, 2.45) is 0 Å². The molecule has 5 nitrogen and oxygen atoms in total. The van der Waals surface area contributed by atoms with E-state index in [0.29, 0.717) is 17.9 Å². The number of nitrogens with two attached hydrogens (primary N) is 1. The number of hydrogen-bond donors (Lipinski definition) is 3. The zero-order chi connectivity index (χ0) is 12.3. The third-order valence-corrected chi connectivity index (χ3v) is 2.97. The van der Waals surface area contributed by atoms with Crippen molar-refractivity contribution in [3.05, 3.63) is 40.0 Å². The number of aromatic nitrogens is 2. The van der Waals surface area contributed by atoms with E-state index in [0.717, 1.165) is 15.7 Å². The van der Waals surface area contributed by atoms with Crippen molar-refractivity contribution in [1.82, 2.24) is 10.2 Å². The van der Waals surface area contributed by atoms with Gasteiger partial charge in [0, 0.05) is 22.3 Å². The second-order valence-corrected chi connectivity index (χ2v) is 4.32. The molecule has 6 heteroatoms. The summed E-state index contributed by atoms with van der Waals surface area (Å²) in [7, 11) is 0. The summed E-state index contributed by atoms with van der Waals surface area (Å²) in [4.78, 5) is 0. The first-order chi connectivity index (χ1) is 8.20. The van der Waals surface area contributed by atoms with Gasteiger partial charge in [-0.15, -0.1) is 0 Å². The van der Waals surface area contributed by atoms with Gasteiger partial charge >= 0.3 is 0 Å². The van der Waals surface area contributed by atoms with Crippen molar-refractivity contribution in [3.8, 4) is 6.07 Å². The smallest absolute Gasteiger partial charge is 0.123 e. The molecule has 0 radical (unpaired) electrons. The molecule has 0 spiro atoms. The highest BCUT2D eigenvalue weighted by Gasteiger charge is 2.04. The van der Waals surface area contributed by atoms with E-state index in [9.17, 15) is 0 Å². The van der Waals surface area contributed by atoms with Crippen LogP contribution in [0.15, 0.2) is 28.9 Å². The van der Waals surface area contributed by atoms with Crippen molar-refractivity contribution in [2.75, 3.05) is 11.1 Å². The quantitative estimate of drug-likeness (QED) is 0.809. The number of nitrogens with one attached hydrogen (secondary N) is 2. The maximum atomic E-state index is 8.75. The number of rotatable bonds is 3. The molecule has 2 aromatic rings. The van der Waals surface area contributed by atoms with Gasteiger partial charge in [-0.25, -0.2) is 0 Å². The predicted octanol–water partition coefficient (Wildman–Crippen LogP) is 2.24. The summed E-state index contributed by atoms with van der Waals surface area (Å²) in [5, 5.41) is 18.5. The minimum atomic E-state index is 0.558. The lowest BCUT2D eigenvalue weighted by molar-refractivity contribution is 1.10. The van der Waals surface area contributed by atoms with Gasteiger partial charge in [0.05, 0.1) is 17.8 Å². The van der Waals surface area contributed by atoms with Crippen LogP contribution in [0, 0.1) is 11.3 Å². The fourth-order valence-corrected chi connectivity index (χ4v) is 1.90. The van der Waals surface area contributed by atoms with Crippen LogP contribution in [-0.4, -0.2) is 10.2 Å². The molecule has 0 amide bonds. The number of anilines is 2. The van der Waals surface area contributed by atoms with Gasteiger partial charge in [-0.05, 0) is 34.1 Å². The van der Waals surface area contributed by atoms with E-state index in [1.165, 1.54) is 0 Å². The largest absolute Gasteiger partial charge is 0.384 e. The highest BCUT2D eigenvalue weighted by Crippen LogP contribution is 2.24. The Labute approximate surface area is 107 Å². The van der Waals surface area contributed by atoms with Gasteiger partial charge in [0.1, 0.15) is 5.82 Å². The Morgan fingerprint density at radius 3 is 2.94 bits per heavy atom. The van der Waals surface area contributed by atoms with Crippen LogP contribution in [0.25, 0.3) is 0 Å². The molecular formula is C11H10BrN5. The summed E-state index contributed by atoms with van der Waals surface area (Å²) in [6.07, 6.45) is 1.68. The van der Waals surface area contributed by atoms with Gasteiger partial charge < -0.3 is 11.1 Å². The Kier molecular flexibility index (Phi) is 3.30. The number of H-pyrrole nitrogens is 1. The Morgan fingerprint density at radius 2 is 2.35 bits per heavy atom. The fraction of sp³-hybridized carbons (Fsp3) is 0.0909. The second kappa shape index (κ2) is 4.89. The number of aromatic amines is 1. The molecule has 0 unspecified atom stereocenters. The number of halogens is 1. The monoisotopic (exact) mass is 291 g/mol. The minimum Gasteiger partial charge on any atom is -0.384 e. The number of hydrogen-bond acceptors (Lipinski definition) is 4. The van der Waals surface area contributed by atoms with Gasteiger partial charge in [-0.3, -0.25) is 5.10 Å². The Bertz CT molecular complexity index is 569. The highest BCUT2D eigenvalue weighted by molar-refractivity contribution is 9.10. The van der Waals surface area contributed by atoms with Crippen molar-refractivity contribution in [3.63, 3.8) is 0 Å². The van der Waals surface area contributed by atoms with E-state index >= 15 is 0 Å². The molecule has 0 bridgehead atoms. The summed E-state index contributed by atoms with van der Waals surface area (Å²) >= 11 is 3.40. The standard InChI is InChI=1S/C11H10BrN5/c12-9-3-7(4-13)1-2-10(9)15-5-8-6-16-17-11(8)14/h1-3,6,15H,5H2,(H3,14,16,17). The van der Waals surface area contributed by atoms with Crippen molar-refractivity contribution in [2.45, 2.75) is 6.54 Å². The molecule has 0 atom stereocenters. The van der Waals surface area contributed by atoms with Crippen LogP contribution in [0.1, 0.15) is 11.1 Å². The van der Waals surface area contributed by atoms with E-state index in [4.69, 9.17) is 11.0 Å².